The lowest BCUT2D eigenvalue weighted by Crippen LogP contribution is -2.55. The number of nitrogens with zero attached hydrogens (tertiary/aromatic N) is 1. The van der Waals surface area contributed by atoms with E-state index in [0.717, 1.165) is 30.4 Å². The molecule has 3 nitrogen and oxygen atoms in total. The number of rotatable bonds is 4. The molecule has 1 saturated heterocycles. The van der Waals surface area contributed by atoms with Crippen LogP contribution in [0.1, 0.15) is 33.1 Å². The number of nitrogens with one attached hydrogen (secondary N) is 1. The summed E-state index contributed by atoms with van der Waals surface area (Å²) in [6.07, 6.45) is 4.02. The van der Waals surface area contributed by atoms with Gasteiger partial charge in [0.25, 0.3) is 0 Å². The number of hydrogen-bond acceptors (Lipinski definition) is 3. The van der Waals surface area contributed by atoms with Crippen LogP contribution in [0.15, 0.2) is 0 Å². The molecule has 3 heteroatoms. The molecule has 0 aromatic rings. The fourth-order valence-corrected chi connectivity index (χ4v) is 4.25. The zero-order valence-corrected chi connectivity index (χ0v) is 12.5. The Kier molecular flexibility index (Phi) is 5.05. The third-order valence-electron chi connectivity index (χ3n) is 4.94. The van der Waals surface area contributed by atoms with Crippen LogP contribution in [-0.4, -0.2) is 50.8 Å². The van der Waals surface area contributed by atoms with Gasteiger partial charge in [-0.15, -0.1) is 0 Å². The van der Waals surface area contributed by atoms with Crippen molar-refractivity contribution in [2.75, 3.05) is 33.9 Å². The van der Waals surface area contributed by atoms with Crippen LogP contribution in [0.2, 0.25) is 0 Å². The van der Waals surface area contributed by atoms with Gasteiger partial charge in [-0.1, -0.05) is 13.8 Å². The van der Waals surface area contributed by atoms with Gasteiger partial charge in [0.1, 0.15) is 0 Å². The molecule has 0 spiro atoms. The standard InChI is InChI=1S/C15H30N2O/c1-11-7-12(2)15(14(8-11)16-3)17-6-5-13(9-17)10-18-4/h11-16H,5-10H2,1-4H3. The van der Waals surface area contributed by atoms with Gasteiger partial charge in [0, 0.05) is 25.7 Å². The normalized spacial score (nSPS) is 42.3. The highest BCUT2D eigenvalue weighted by atomic mass is 16.5. The van der Waals surface area contributed by atoms with Crippen LogP contribution in [0.25, 0.3) is 0 Å². The van der Waals surface area contributed by atoms with E-state index >= 15 is 0 Å². The zero-order chi connectivity index (χ0) is 13.1. The van der Waals surface area contributed by atoms with E-state index in [4.69, 9.17) is 4.74 Å². The SMILES string of the molecule is CNC1CC(C)CC(C)C1N1CCC(COC)C1. The summed E-state index contributed by atoms with van der Waals surface area (Å²) in [5, 5.41) is 3.57. The van der Waals surface area contributed by atoms with Gasteiger partial charge in [0.15, 0.2) is 0 Å². The van der Waals surface area contributed by atoms with Crippen molar-refractivity contribution in [2.45, 2.75) is 45.2 Å². The minimum Gasteiger partial charge on any atom is -0.384 e. The highest BCUT2D eigenvalue weighted by molar-refractivity contribution is 4.95. The Balaban J connectivity index is 1.97. The zero-order valence-electron chi connectivity index (χ0n) is 12.5. The number of likely N-dealkylation sites (tertiary alicyclic amines) is 1. The Morgan fingerprint density at radius 1 is 1.28 bits per heavy atom. The maximum absolute atomic E-state index is 5.32. The van der Waals surface area contributed by atoms with Crippen molar-refractivity contribution >= 4 is 0 Å². The van der Waals surface area contributed by atoms with Crippen molar-refractivity contribution in [2.24, 2.45) is 17.8 Å². The van der Waals surface area contributed by atoms with E-state index in [2.05, 4.69) is 31.1 Å². The molecule has 0 radical (unpaired) electrons. The topological polar surface area (TPSA) is 24.5 Å². The van der Waals surface area contributed by atoms with E-state index in [1.807, 2.05) is 7.11 Å². The number of ether oxygens (including phenoxy) is 1. The molecule has 0 aromatic heterocycles. The lowest BCUT2D eigenvalue weighted by Gasteiger charge is -2.44. The minimum atomic E-state index is 0.671. The Morgan fingerprint density at radius 3 is 2.72 bits per heavy atom. The maximum Gasteiger partial charge on any atom is 0.0503 e. The predicted octanol–water partition coefficient (Wildman–Crippen LogP) is 1.98. The first-order chi connectivity index (χ1) is 8.65. The second-order valence-corrected chi connectivity index (χ2v) is 6.54. The van der Waals surface area contributed by atoms with Gasteiger partial charge < -0.3 is 10.1 Å². The van der Waals surface area contributed by atoms with Gasteiger partial charge in [-0.05, 0) is 50.6 Å². The second kappa shape index (κ2) is 6.36. The van der Waals surface area contributed by atoms with Crippen molar-refractivity contribution < 1.29 is 4.74 Å². The van der Waals surface area contributed by atoms with Gasteiger partial charge >= 0.3 is 0 Å². The molecule has 2 fully saturated rings. The van der Waals surface area contributed by atoms with Crippen LogP contribution in [0, 0.1) is 17.8 Å². The molecule has 0 aromatic carbocycles. The van der Waals surface area contributed by atoms with Crippen LogP contribution in [0.4, 0.5) is 0 Å². The van der Waals surface area contributed by atoms with E-state index in [1.54, 1.807) is 0 Å². The van der Waals surface area contributed by atoms with E-state index < -0.39 is 0 Å². The molecule has 1 aliphatic carbocycles. The molecule has 2 rings (SSSR count). The smallest absolute Gasteiger partial charge is 0.0503 e. The van der Waals surface area contributed by atoms with Crippen molar-refractivity contribution in [3.63, 3.8) is 0 Å². The summed E-state index contributed by atoms with van der Waals surface area (Å²) >= 11 is 0. The quantitative estimate of drug-likeness (QED) is 0.830. The summed E-state index contributed by atoms with van der Waals surface area (Å²) in [5.74, 6) is 2.43. The van der Waals surface area contributed by atoms with Gasteiger partial charge in [0.2, 0.25) is 0 Å². The minimum absolute atomic E-state index is 0.671. The average molecular weight is 254 g/mol. The Morgan fingerprint density at radius 2 is 2.06 bits per heavy atom. The van der Waals surface area contributed by atoms with Crippen LogP contribution in [0.3, 0.4) is 0 Å². The molecule has 5 atom stereocenters. The fourth-order valence-electron chi connectivity index (χ4n) is 4.25. The summed E-state index contributed by atoms with van der Waals surface area (Å²) < 4.78 is 5.32. The van der Waals surface area contributed by atoms with Gasteiger partial charge in [-0.3, -0.25) is 4.90 Å². The van der Waals surface area contributed by atoms with E-state index in [-0.39, 0.29) is 0 Å². The van der Waals surface area contributed by atoms with Crippen molar-refractivity contribution in [1.82, 2.24) is 10.2 Å². The van der Waals surface area contributed by atoms with Gasteiger partial charge in [-0.2, -0.15) is 0 Å². The van der Waals surface area contributed by atoms with Crippen molar-refractivity contribution in [3.8, 4) is 0 Å². The molecule has 0 bridgehead atoms. The van der Waals surface area contributed by atoms with Gasteiger partial charge in [-0.25, -0.2) is 0 Å². The van der Waals surface area contributed by atoms with E-state index in [0.29, 0.717) is 6.04 Å². The Labute approximate surface area is 112 Å². The number of hydrogen-bond donors (Lipinski definition) is 1. The molecule has 1 heterocycles. The summed E-state index contributed by atoms with van der Waals surface area (Å²) in [4.78, 5) is 2.72. The summed E-state index contributed by atoms with van der Waals surface area (Å²) in [6, 6.07) is 1.40. The molecule has 1 N–H and O–H groups in total. The maximum atomic E-state index is 5.32. The summed E-state index contributed by atoms with van der Waals surface area (Å²) in [7, 11) is 3.95. The molecular weight excluding hydrogens is 224 g/mol. The fraction of sp³-hybridized carbons (Fsp3) is 1.00. The van der Waals surface area contributed by atoms with Crippen LogP contribution >= 0.6 is 0 Å². The third kappa shape index (κ3) is 3.06. The molecule has 5 unspecified atom stereocenters. The first-order valence-electron chi connectivity index (χ1n) is 7.56. The van der Waals surface area contributed by atoms with E-state index in [9.17, 15) is 0 Å². The van der Waals surface area contributed by atoms with Crippen LogP contribution < -0.4 is 5.32 Å². The first kappa shape index (κ1) is 14.3. The molecule has 0 amide bonds. The predicted molar refractivity (Wildman–Crippen MR) is 75.8 cm³/mol. The van der Waals surface area contributed by atoms with Crippen molar-refractivity contribution in [1.29, 1.82) is 0 Å². The molecule has 1 aliphatic heterocycles. The molecular formula is C15H30N2O. The molecule has 1 saturated carbocycles. The van der Waals surface area contributed by atoms with E-state index in [1.165, 1.54) is 32.4 Å². The van der Waals surface area contributed by atoms with Gasteiger partial charge in [0.05, 0.1) is 6.61 Å². The molecule has 18 heavy (non-hydrogen) atoms. The van der Waals surface area contributed by atoms with Crippen LogP contribution in [-0.2, 0) is 4.74 Å². The molecule has 2 aliphatic rings. The second-order valence-electron chi connectivity index (χ2n) is 6.54. The average Bonchev–Trinajstić information content (AvgIpc) is 2.76. The largest absolute Gasteiger partial charge is 0.384 e. The molecule has 106 valence electrons. The lowest BCUT2D eigenvalue weighted by molar-refractivity contribution is 0.0736. The monoisotopic (exact) mass is 254 g/mol. The summed E-state index contributed by atoms with van der Waals surface area (Å²) in [6.45, 7) is 8.26. The highest BCUT2D eigenvalue weighted by Gasteiger charge is 2.39. The first-order valence-corrected chi connectivity index (χ1v) is 7.56. The Hall–Kier alpha value is -0.120. The van der Waals surface area contributed by atoms with Crippen LogP contribution in [0.5, 0.6) is 0 Å². The third-order valence-corrected chi connectivity index (χ3v) is 4.94. The highest BCUT2D eigenvalue weighted by Crippen LogP contribution is 2.34. The van der Waals surface area contributed by atoms with Crippen molar-refractivity contribution in [3.05, 3.63) is 0 Å². The number of methoxy groups -OCH3 is 1. The number of likely N-dealkylation sites (N-methyl/N-ethyl adjacent to an activating group) is 1. The lowest BCUT2D eigenvalue weighted by atomic mass is 9.76. The summed E-state index contributed by atoms with van der Waals surface area (Å²) in [5.41, 5.74) is 0. The Bertz CT molecular complexity index is 259.